The second-order valence-electron chi connectivity index (χ2n) is 7.45. The summed E-state index contributed by atoms with van der Waals surface area (Å²) in [6.07, 6.45) is -4.85. The van der Waals surface area contributed by atoms with E-state index in [1.165, 1.54) is 11.9 Å². The number of amides is 1. The van der Waals surface area contributed by atoms with Crippen LogP contribution < -0.4 is 5.32 Å². The molecule has 0 aliphatic carbocycles. The van der Waals surface area contributed by atoms with Gasteiger partial charge in [-0.3, -0.25) is 4.79 Å². The van der Waals surface area contributed by atoms with Gasteiger partial charge in [-0.05, 0) is 32.9 Å². The van der Waals surface area contributed by atoms with E-state index in [2.05, 4.69) is 15.3 Å². The molecule has 1 aromatic heterocycles. The van der Waals surface area contributed by atoms with Crippen LogP contribution in [0.2, 0.25) is 0 Å². The molecule has 1 amide bonds. The van der Waals surface area contributed by atoms with E-state index < -0.39 is 26.7 Å². The molecule has 0 spiro atoms. The zero-order valence-electron chi connectivity index (χ0n) is 15.6. The van der Waals surface area contributed by atoms with Gasteiger partial charge < -0.3 is 15.2 Å². The first kappa shape index (κ1) is 22.8. The third kappa shape index (κ3) is 5.75. The van der Waals surface area contributed by atoms with Gasteiger partial charge in [-0.25, -0.2) is 4.98 Å². The molecule has 1 heterocycles. The summed E-state index contributed by atoms with van der Waals surface area (Å²) in [7, 11) is 1.48. The van der Waals surface area contributed by atoms with Gasteiger partial charge in [-0.15, -0.1) is 0 Å². The average molecular weight is 518 g/mol. The summed E-state index contributed by atoms with van der Waals surface area (Å²) in [5, 5.41) is 3.01. The number of H-pyrrole nitrogens is 1. The molecule has 1 aromatic carbocycles. The summed E-state index contributed by atoms with van der Waals surface area (Å²) in [6.45, 7) is 5.61. The maximum atomic E-state index is 13.6. The van der Waals surface area contributed by atoms with Crippen molar-refractivity contribution in [1.29, 1.82) is 0 Å². The Morgan fingerprint density at radius 1 is 1.21 bits per heavy atom. The second-order valence-corrected chi connectivity index (χ2v) is 8.81. The number of imidazole rings is 1. The lowest BCUT2D eigenvalue weighted by molar-refractivity contribution is -0.136. The summed E-state index contributed by atoms with van der Waals surface area (Å²) >= 11 is 0.776. The first-order valence-corrected chi connectivity index (χ1v) is 9.32. The van der Waals surface area contributed by atoms with Gasteiger partial charge in [0.2, 0.25) is 5.91 Å². The van der Waals surface area contributed by atoms with Crippen LogP contribution in [0.25, 0.3) is 11.0 Å². The van der Waals surface area contributed by atoms with E-state index >= 15 is 0 Å². The number of carbonyl (C=O) groups excluding carboxylic acids is 1. The fourth-order valence-electron chi connectivity index (χ4n) is 2.41. The van der Waals surface area contributed by atoms with Gasteiger partial charge in [-0.2, -0.15) is 22.0 Å². The lowest BCUT2D eigenvalue weighted by atomic mass is 10.1. The Balaban J connectivity index is 2.34. The van der Waals surface area contributed by atoms with Gasteiger partial charge in [0.25, 0.3) is 0 Å². The molecule has 28 heavy (non-hydrogen) atoms. The number of hydrogen-bond donors (Lipinski definition) is 2. The Hall–Kier alpha value is -1.50. The number of hydrogen-bond acceptors (Lipinski definition) is 3. The lowest BCUT2D eigenvalue weighted by Crippen LogP contribution is -2.43. The van der Waals surface area contributed by atoms with Crippen molar-refractivity contribution in [3.8, 4) is 0 Å². The molecule has 0 radical (unpaired) electrons. The van der Waals surface area contributed by atoms with E-state index in [0.29, 0.717) is 6.07 Å². The first-order valence-electron chi connectivity index (χ1n) is 8.24. The number of fused-ring (bicyclic) bond motifs is 1. The smallest absolute Gasteiger partial charge is 0.340 e. The van der Waals surface area contributed by atoms with E-state index in [-0.39, 0.29) is 35.9 Å². The molecule has 156 valence electrons. The van der Waals surface area contributed by atoms with Crippen LogP contribution in [0.4, 0.5) is 22.0 Å². The Kier molecular flexibility index (Phi) is 6.29. The van der Waals surface area contributed by atoms with Gasteiger partial charge in [-0.1, -0.05) is 0 Å². The lowest BCUT2D eigenvalue weighted by Gasteiger charge is -2.22. The topological polar surface area (TPSA) is 61.0 Å². The Bertz CT molecular complexity index is 867. The number of nitrogens with zero attached hydrogens (tertiary/aromatic N) is 2. The van der Waals surface area contributed by atoms with E-state index in [9.17, 15) is 26.7 Å². The molecule has 0 unspecified atom stereocenters. The zero-order chi connectivity index (χ0) is 21.5. The summed E-state index contributed by atoms with van der Waals surface area (Å²) in [6, 6.07) is 1.35. The van der Waals surface area contributed by atoms with Crippen molar-refractivity contribution in [2.75, 3.05) is 13.6 Å². The molecule has 2 rings (SSSR count). The highest BCUT2D eigenvalue weighted by Gasteiger charge is 2.38. The minimum Gasteiger partial charge on any atom is -0.340 e. The fourth-order valence-corrected chi connectivity index (χ4v) is 2.72. The molecule has 0 fully saturated rings. The monoisotopic (exact) mass is 518 g/mol. The van der Waals surface area contributed by atoms with Crippen LogP contribution in [-0.2, 0) is 21.4 Å². The number of aromatic nitrogens is 2. The van der Waals surface area contributed by atoms with Gasteiger partial charge in [0, 0.05) is 40.7 Å². The van der Waals surface area contributed by atoms with Crippen LogP contribution in [-0.4, -0.2) is 39.9 Å². The van der Waals surface area contributed by atoms with Crippen LogP contribution in [0.5, 0.6) is 0 Å². The van der Waals surface area contributed by atoms with Crippen molar-refractivity contribution >= 4 is 39.5 Å². The minimum absolute atomic E-state index is 0.0409. The fraction of sp³-hybridized carbons (Fsp3) is 0.529. The maximum Gasteiger partial charge on any atom is 0.418 e. The van der Waals surface area contributed by atoms with Crippen molar-refractivity contribution in [2.24, 2.45) is 0 Å². The van der Waals surface area contributed by atoms with E-state index in [4.69, 9.17) is 0 Å². The van der Waals surface area contributed by atoms with Crippen molar-refractivity contribution in [3.63, 3.8) is 0 Å². The van der Waals surface area contributed by atoms with Crippen molar-refractivity contribution in [1.82, 2.24) is 20.2 Å². The maximum absolute atomic E-state index is 13.6. The highest BCUT2D eigenvalue weighted by atomic mass is 127. The zero-order valence-corrected chi connectivity index (χ0v) is 17.8. The molecular weight excluding hydrogens is 498 g/mol. The Labute approximate surface area is 172 Å². The van der Waals surface area contributed by atoms with Gasteiger partial charge in [0.05, 0.1) is 24.2 Å². The predicted molar refractivity (Wildman–Crippen MR) is 103 cm³/mol. The van der Waals surface area contributed by atoms with Crippen LogP contribution in [0.1, 0.15) is 37.7 Å². The molecule has 5 nitrogen and oxygen atoms in total. The first-order chi connectivity index (χ1) is 12.6. The summed E-state index contributed by atoms with van der Waals surface area (Å²) < 4.78 is 63.7. The van der Waals surface area contributed by atoms with Crippen LogP contribution in [0.15, 0.2) is 12.1 Å². The Morgan fingerprint density at radius 2 is 1.82 bits per heavy atom. The van der Waals surface area contributed by atoms with Gasteiger partial charge >= 0.3 is 10.1 Å². The summed E-state index contributed by atoms with van der Waals surface area (Å²) in [4.78, 5) is 20.0. The molecule has 2 N–H and O–H groups in total. The highest BCUT2D eigenvalue weighted by molar-refractivity contribution is 14.1. The molecule has 0 aliphatic heterocycles. The minimum atomic E-state index is -4.85. The Morgan fingerprint density at radius 3 is 2.32 bits per heavy atom. The molecule has 2 aromatic rings. The van der Waals surface area contributed by atoms with E-state index in [0.717, 1.165) is 28.7 Å². The van der Waals surface area contributed by atoms with Crippen molar-refractivity contribution in [2.45, 2.75) is 43.0 Å². The third-order valence-corrected chi connectivity index (χ3v) is 4.47. The molecular formula is C17H20F5IN4O. The SMILES string of the molecule is CN(Cc1nc2c(C(F)(F)F)cc(C(F)(F)I)cc2[nH]1)C(=O)CNC(C)(C)C. The highest BCUT2D eigenvalue weighted by Crippen LogP contribution is 2.41. The van der Waals surface area contributed by atoms with Gasteiger partial charge in [0.1, 0.15) is 11.3 Å². The van der Waals surface area contributed by atoms with Crippen LogP contribution in [0, 0.1) is 0 Å². The van der Waals surface area contributed by atoms with E-state index in [1.54, 1.807) is 0 Å². The number of aromatic amines is 1. The van der Waals surface area contributed by atoms with E-state index in [1.807, 2.05) is 20.8 Å². The number of alkyl halides is 6. The number of nitrogens with one attached hydrogen (secondary N) is 2. The molecule has 0 saturated heterocycles. The predicted octanol–water partition coefficient (Wildman–Crippen LogP) is 4.41. The number of carbonyl (C=O) groups is 1. The number of likely N-dealkylation sites (N-methyl/N-ethyl adjacent to an activating group) is 1. The standard InChI is InChI=1S/C17H20F5IN4O/c1-15(2,3)24-7-13(28)27(4)8-12-25-11-6-9(17(21,22)23)5-10(14(11)26-12)16(18,19)20/h5-6,24H,7-8H2,1-4H3,(H,25,26). The van der Waals surface area contributed by atoms with Crippen molar-refractivity contribution in [3.05, 3.63) is 29.1 Å². The normalized spacial score (nSPS) is 13.2. The van der Waals surface area contributed by atoms with Gasteiger partial charge in [0.15, 0.2) is 0 Å². The molecule has 11 heteroatoms. The number of rotatable bonds is 5. The summed E-state index contributed by atoms with van der Waals surface area (Å²) in [5.41, 5.74) is -2.92. The number of halogens is 6. The quantitative estimate of drug-likeness (QED) is 0.351. The molecule has 0 saturated carbocycles. The van der Waals surface area contributed by atoms with Crippen molar-refractivity contribution < 1.29 is 26.7 Å². The number of benzene rings is 1. The average Bonchev–Trinajstić information content (AvgIpc) is 2.90. The second kappa shape index (κ2) is 7.73. The molecule has 0 atom stereocenters. The summed E-state index contributed by atoms with van der Waals surface area (Å²) in [5.74, 6) is -0.216. The largest absolute Gasteiger partial charge is 0.418 e. The van der Waals surface area contributed by atoms with Crippen LogP contribution in [0.3, 0.4) is 0 Å². The molecule has 0 bridgehead atoms. The third-order valence-electron chi connectivity index (χ3n) is 3.85. The molecule has 0 aliphatic rings. The van der Waals surface area contributed by atoms with Crippen LogP contribution >= 0.6 is 22.6 Å².